The Morgan fingerprint density at radius 1 is 1.20 bits per heavy atom. The van der Waals surface area contributed by atoms with E-state index in [0.29, 0.717) is 17.0 Å². The molecule has 0 N–H and O–H groups in total. The summed E-state index contributed by atoms with van der Waals surface area (Å²) in [7, 11) is 1.84. The Kier molecular flexibility index (Phi) is 6.68. The monoisotopic (exact) mass is 356 g/mol. The van der Waals surface area contributed by atoms with Crippen molar-refractivity contribution in [1.29, 1.82) is 5.26 Å². The highest BCUT2D eigenvalue weighted by molar-refractivity contribution is 7.17. The van der Waals surface area contributed by atoms with Crippen LogP contribution in [0.2, 0.25) is 0 Å². The van der Waals surface area contributed by atoms with Gasteiger partial charge in [-0.15, -0.1) is 11.3 Å². The van der Waals surface area contributed by atoms with Crippen LogP contribution in [0, 0.1) is 18.3 Å². The lowest BCUT2D eigenvalue weighted by Crippen LogP contribution is -2.36. The number of aromatic nitrogens is 1. The molecule has 1 aromatic heterocycles. The van der Waals surface area contributed by atoms with Crippen molar-refractivity contribution in [3.05, 3.63) is 40.4 Å². The molecule has 0 spiro atoms. The normalized spacial score (nSPS) is 10.7. The smallest absolute Gasteiger partial charge is 0.265 e. The molecule has 0 bridgehead atoms. The molecule has 0 radical (unpaired) electrons. The van der Waals surface area contributed by atoms with E-state index < -0.39 is 0 Å². The van der Waals surface area contributed by atoms with Crippen molar-refractivity contribution in [2.45, 2.75) is 20.8 Å². The van der Waals surface area contributed by atoms with E-state index in [1.165, 1.54) is 11.3 Å². The zero-order chi connectivity index (χ0) is 18.4. The number of amides is 1. The molecular weight excluding hydrogens is 332 g/mol. The Labute approximate surface area is 153 Å². The molecule has 0 saturated heterocycles. The number of hydrogen-bond donors (Lipinski definition) is 0. The lowest BCUT2D eigenvalue weighted by Gasteiger charge is -2.22. The van der Waals surface area contributed by atoms with Crippen LogP contribution in [0.3, 0.4) is 0 Å². The van der Waals surface area contributed by atoms with E-state index in [2.05, 4.69) is 29.8 Å². The first-order valence-corrected chi connectivity index (χ1v) is 9.27. The first-order chi connectivity index (χ1) is 12.0. The summed E-state index contributed by atoms with van der Waals surface area (Å²) in [5.41, 5.74) is 2.30. The minimum atomic E-state index is 0.0158. The number of carbonyl (C=O) groups is 1. The molecule has 5 nitrogen and oxygen atoms in total. The van der Waals surface area contributed by atoms with E-state index >= 15 is 0 Å². The van der Waals surface area contributed by atoms with Crippen molar-refractivity contribution in [3.8, 4) is 16.6 Å². The van der Waals surface area contributed by atoms with E-state index in [-0.39, 0.29) is 5.91 Å². The molecular formula is C19H24N4OS. The molecule has 132 valence electrons. The van der Waals surface area contributed by atoms with Gasteiger partial charge in [-0.2, -0.15) is 5.26 Å². The highest BCUT2D eigenvalue weighted by atomic mass is 32.1. The number of likely N-dealkylation sites (N-methyl/N-ethyl adjacent to an activating group) is 2. The fourth-order valence-corrected chi connectivity index (χ4v) is 3.58. The standard InChI is InChI=1S/C19H24N4OS/c1-5-23(6-2)12-11-22(4)19(24)17-14(3)21-18(25-17)16-9-7-15(13-20)8-10-16/h7-10H,5-6,11-12H2,1-4H3. The Morgan fingerprint density at radius 3 is 2.40 bits per heavy atom. The molecule has 0 unspecified atom stereocenters. The van der Waals surface area contributed by atoms with Crippen molar-refractivity contribution in [3.63, 3.8) is 0 Å². The molecule has 0 atom stereocenters. The van der Waals surface area contributed by atoms with Gasteiger partial charge in [0.2, 0.25) is 0 Å². The van der Waals surface area contributed by atoms with Gasteiger partial charge in [0.1, 0.15) is 9.88 Å². The summed E-state index contributed by atoms with van der Waals surface area (Å²) in [5.74, 6) is 0.0158. The first-order valence-electron chi connectivity index (χ1n) is 8.45. The van der Waals surface area contributed by atoms with Crippen LogP contribution in [-0.2, 0) is 0 Å². The second-order valence-corrected chi connectivity index (χ2v) is 6.88. The maximum absolute atomic E-state index is 12.7. The summed E-state index contributed by atoms with van der Waals surface area (Å²) in [6.45, 7) is 9.67. The van der Waals surface area contributed by atoms with Crippen molar-refractivity contribution in [1.82, 2.24) is 14.8 Å². The molecule has 0 aliphatic heterocycles. The SMILES string of the molecule is CCN(CC)CCN(C)C(=O)c1sc(-c2ccc(C#N)cc2)nc1C. The van der Waals surface area contributed by atoms with E-state index in [1.807, 2.05) is 26.1 Å². The van der Waals surface area contributed by atoms with Crippen molar-refractivity contribution in [2.24, 2.45) is 0 Å². The molecule has 0 saturated carbocycles. The van der Waals surface area contributed by atoms with Gasteiger partial charge >= 0.3 is 0 Å². The Bertz CT molecular complexity index is 757. The van der Waals surface area contributed by atoms with Crippen LogP contribution in [0.1, 0.15) is 34.8 Å². The quantitative estimate of drug-likeness (QED) is 0.763. The molecule has 6 heteroatoms. The molecule has 1 aromatic carbocycles. The first kappa shape index (κ1) is 19.1. The Hall–Kier alpha value is -2.23. The van der Waals surface area contributed by atoms with Crippen LogP contribution in [0.15, 0.2) is 24.3 Å². The van der Waals surface area contributed by atoms with Gasteiger partial charge in [-0.25, -0.2) is 4.98 Å². The molecule has 0 fully saturated rings. The van der Waals surface area contributed by atoms with E-state index in [9.17, 15) is 4.79 Å². The summed E-state index contributed by atoms with van der Waals surface area (Å²) < 4.78 is 0. The molecule has 2 aromatic rings. The Morgan fingerprint density at radius 2 is 1.84 bits per heavy atom. The van der Waals surface area contributed by atoms with Gasteiger partial charge in [-0.05, 0) is 32.1 Å². The number of nitriles is 1. The average molecular weight is 356 g/mol. The van der Waals surface area contributed by atoms with Gasteiger partial charge in [0, 0.05) is 25.7 Å². The fourth-order valence-electron chi connectivity index (χ4n) is 2.51. The number of aryl methyl sites for hydroxylation is 1. The highest BCUT2D eigenvalue weighted by Crippen LogP contribution is 2.28. The minimum absolute atomic E-state index is 0.0158. The third-order valence-electron chi connectivity index (χ3n) is 4.24. The molecule has 0 aliphatic carbocycles. The number of carbonyl (C=O) groups excluding carboxylic acids is 1. The number of rotatable bonds is 7. The van der Waals surface area contributed by atoms with Gasteiger partial charge in [0.05, 0.1) is 17.3 Å². The largest absolute Gasteiger partial charge is 0.340 e. The predicted molar refractivity (Wildman–Crippen MR) is 102 cm³/mol. The van der Waals surface area contributed by atoms with E-state index in [1.54, 1.807) is 17.0 Å². The minimum Gasteiger partial charge on any atom is -0.340 e. The topological polar surface area (TPSA) is 60.2 Å². The lowest BCUT2D eigenvalue weighted by atomic mass is 10.1. The third-order valence-corrected chi connectivity index (χ3v) is 5.44. The summed E-state index contributed by atoms with van der Waals surface area (Å²) in [6, 6.07) is 9.38. The summed E-state index contributed by atoms with van der Waals surface area (Å²) in [4.78, 5) is 22.0. The van der Waals surface area contributed by atoms with Gasteiger partial charge < -0.3 is 9.80 Å². The van der Waals surface area contributed by atoms with Crippen molar-refractivity contribution >= 4 is 17.2 Å². The highest BCUT2D eigenvalue weighted by Gasteiger charge is 2.20. The van der Waals surface area contributed by atoms with Crippen molar-refractivity contribution < 1.29 is 4.79 Å². The number of hydrogen-bond acceptors (Lipinski definition) is 5. The summed E-state index contributed by atoms with van der Waals surface area (Å²) >= 11 is 1.41. The van der Waals surface area contributed by atoms with E-state index in [4.69, 9.17) is 5.26 Å². The second kappa shape index (κ2) is 8.75. The molecule has 0 aliphatic rings. The zero-order valence-corrected chi connectivity index (χ0v) is 16.1. The van der Waals surface area contributed by atoms with Crippen LogP contribution in [-0.4, -0.2) is 53.9 Å². The predicted octanol–water partition coefficient (Wildman–Crippen LogP) is 3.40. The van der Waals surface area contributed by atoms with Gasteiger partial charge in [-0.3, -0.25) is 4.79 Å². The summed E-state index contributed by atoms with van der Waals surface area (Å²) in [5, 5.41) is 9.70. The van der Waals surface area contributed by atoms with Gasteiger partial charge in [0.15, 0.2) is 0 Å². The Balaban J connectivity index is 2.12. The average Bonchev–Trinajstić information content (AvgIpc) is 3.03. The second-order valence-electron chi connectivity index (χ2n) is 5.88. The molecule has 1 amide bonds. The van der Waals surface area contributed by atoms with Gasteiger partial charge in [0.25, 0.3) is 5.91 Å². The van der Waals surface area contributed by atoms with Crippen LogP contribution in [0.5, 0.6) is 0 Å². The number of thiazole rings is 1. The fraction of sp³-hybridized carbons (Fsp3) is 0.421. The number of nitrogens with zero attached hydrogens (tertiary/aromatic N) is 4. The zero-order valence-electron chi connectivity index (χ0n) is 15.2. The maximum Gasteiger partial charge on any atom is 0.265 e. The van der Waals surface area contributed by atoms with Crippen LogP contribution >= 0.6 is 11.3 Å². The van der Waals surface area contributed by atoms with Crippen molar-refractivity contribution in [2.75, 3.05) is 33.2 Å². The van der Waals surface area contributed by atoms with Crippen LogP contribution in [0.25, 0.3) is 10.6 Å². The molecule has 2 rings (SSSR count). The van der Waals surface area contributed by atoms with Crippen LogP contribution in [0.4, 0.5) is 0 Å². The van der Waals surface area contributed by atoms with Gasteiger partial charge in [-0.1, -0.05) is 26.0 Å². The van der Waals surface area contributed by atoms with Crippen LogP contribution < -0.4 is 0 Å². The molecule has 25 heavy (non-hydrogen) atoms. The molecule has 1 heterocycles. The summed E-state index contributed by atoms with van der Waals surface area (Å²) in [6.07, 6.45) is 0. The number of benzene rings is 1. The maximum atomic E-state index is 12.7. The third kappa shape index (κ3) is 4.65. The van der Waals surface area contributed by atoms with E-state index in [0.717, 1.165) is 35.9 Å². The lowest BCUT2D eigenvalue weighted by molar-refractivity contribution is 0.0783.